The van der Waals surface area contributed by atoms with Crippen LogP contribution >= 0.6 is 11.6 Å². The Hall–Kier alpha value is -2.60. The van der Waals surface area contributed by atoms with Crippen LogP contribution in [0.5, 0.6) is 0 Å². The van der Waals surface area contributed by atoms with Crippen LogP contribution in [0.4, 0.5) is 0 Å². The first-order valence-corrected chi connectivity index (χ1v) is 6.02. The van der Waals surface area contributed by atoms with E-state index in [1.54, 1.807) is 30.7 Å². The molecule has 0 saturated carbocycles. The van der Waals surface area contributed by atoms with Gasteiger partial charge >= 0.3 is 5.97 Å². The number of carboxylic acids is 1. The van der Waals surface area contributed by atoms with E-state index in [1.165, 1.54) is 16.8 Å². The van der Waals surface area contributed by atoms with Crippen LogP contribution in [0.25, 0.3) is 17.1 Å². The Morgan fingerprint density at radius 1 is 1.35 bits per heavy atom. The number of rotatable bonds is 3. The second kappa shape index (κ2) is 4.82. The predicted octanol–water partition coefficient (Wildman–Crippen LogP) is 2.88. The molecule has 0 atom stereocenters. The van der Waals surface area contributed by atoms with Gasteiger partial charge in [-0.15, -0.1) is 5.10 Å². The van der Waals surface area contributed by atoms with Crippen molar-refractivity contribution in [1.82, 2.24) is 15.0 Å². The number of halogens is 1. The molecule has 6 nitrogen and oxygen atoms in total. The van der Waals surface area contributed by atoms with Crippen molar-refractivity contribution in [2.75, 3.05) is 0 Å². The zero-order valence-electron chi connectivity index (χ0n) is 10.0. The number of hydrogen-bond acceptors (Lipinski definition) is 4. The topological polar surface area (TPSA) is 81.1 Å². The molecular formula is C13H8ClN3O3. The quantitative estimate of drug-likeness (QED) is 0.802. The molecule has 3 aromatic rings. The maximum absolute atomic E-state index is 11.1. The van der Waals surface area contributed by atoms with Gasteiger partial charge in [0.2, 0.25) is 0 Å². The van der Waals surface area contributed by atoms with Crippen LogP contribution in [-0.2, 0) is 0 Å². The van der Waals surface area contributed by atoms with Crippen molar-refractivity contribution in [1.29, 1.82) is 0 Å². The molecule has 0 aliphatic carbocycles. The number of carbonyl (C=O) groups is 1. The minimum absolute atomic E-state index is 0.0132. The molecule has 2 heterocycles. The zero-order valence-corrected chi connectivity index (χ0v) is 10.8. The smallest absolute Gasteiger partial charge is 0.337 e. The maximum atomic E-state index is 11.1. The van der Waals surface area contributed by atoms with Crippen molar-refractivity contribution in [3.05, 3.63) is 53.4 Å². The third kappa shape index (κ3) is 2.17. The van der Waals surface area contributed by atoms with Crippen LogP contribution in [-0.4, -0.2) is 26.1 Å². The van der Waals surface area contributed by atoms with Gasteiger partial charge in [-0.05, 0) is 30.3 Å². The predicted molar refractivity (Wildman–Crippen MR) is 71.0 cm³/mol. The van der Waals surface area contributed by atoms with E-state index < -0.39 is 5.97 Å². The molecule has 100 valence electrons. The van der Waals surface area contributed by atoms with Gasteiger partial charge in [-0.25, -0.2) is 9.48 Å². The second-order valence-electron chi connectivity index (χ2n) is 3.99. The molecular weight excluding hydrogens is 282 g/mol. The number of aromatic carboxylic acids is 1. The first-order chi connectivity index (χ1) is 9.65. The Kier molecular flexibility index (Phi) is 3.00. The van der Waals surface area contributed by atoms with Gasteiger partial charge in [-0.2, -0.15) is 0 Å². The highest BCUT2D eigenvalue weighted by atomic mass is 35.5. The molecule has 3 rings (SSSR count). The molecule has 0 aliphatic heterocycles. The summed E-state index contributed by atoms with van der Waals surface area (Å²) < 4.78 is 6.68. The molecule has 2 aromatic heterocycles. The number of aromatic nitrogens is 3. The first-order valence-electron chi connectivity index (χ1n) is 5.64. The van der Waals surface area contributed by atoms with Crippen molar-refractivity contribution >= 4 is 17.6 Å². The molecule has 0 fully saturated rings. The molecule has 0 radical (unpaired) electrons. The summed E-state index contributed by atoms with van der Waals surface area (Å²) in [4.78, 5) is 11.1. The molecule has 0 amide bonds. The molecule has 0 bridgehead atoms. The van der Waals surface area contributed by atoms with Gasteiger partial charge in [0.05, 0.1) is 28.7 Å². The highest BCUT2D eigenvalue weighted by Crippen LogP contribution is 2.21. The summed E-state index contributed by atoms with van der Waals surface area (Å²) in [5.41, 5.74) is 1.12. The molecule has 1 aromatic carbocycles. The van der Waals surface area contributed by atoms with Crippen LogP contribution in [0.1, 0.15) is 10.4 Å². The summed E-state index contributed by atoms with van der Waals surface area (Å²) in [7, 11) is 0. The summed E-state index contributed by atoms with van der Waals surface area (Å²) in [6.45, 7) is 0. The Labute approximate surface area is 118 Å². The molecule has 20 heavy (non-hydrogen) atoms. The lowest BCUT2D eigenvalue weighted by Crippen LogP contribution is -2.01. The molecule has 1 N–H and O–H groups in total. The third-order valence-corrected chi connectivity index (χ3v) is 3.04. The zero-order chi connectivity index (χ0) is 14.1. The van der Waals surface area contributed by atoms with E-state index in [1.807, 2.05) is 0 Å². The average molecular weight is 290 g/mol. The van der Waals surface area contributed by atoms with Crippen molar-refractivity contribution in [3.8, 4) is 17.1 Å². The lowest BCUT2D eigenvalue weighted by molar-refractivity contribution is 0.0697. The lowest BCUT2D eigenvalue weighted by atomic mass is 10.2. The van der Waals surface area contributed by atoms with Crippen LogP contribution in [0.2, 0.25) is 5.02 Å². The molecule has 0 unspecified atom stereocenters. The molecule has 7 heteroatoms. The highest BCUT2D eigenvalue weighted by molar-refractivity contribution is 6.33. The standard InChI is InChI=1S/C13H8ClN3O3/c14-10-4-3-8(6-9(10)13(18)19)17-7-11(15-16-17)12-2-1-5-20-12/h1-7H,(H,18,19). The van der Waals surface area contributed by atoms with E-state index in [9.17, 15) is 4.79 Å². The van der Waals surface area contributed by atoms with Crippen molar-refractivity contribution in [2.45, 2.75) is 0 Å². The van der Waals surface area contributed by atoms with Gasteiger partial charge in [-0.1, -0.05) is 16.8 Å². The van der Waals surface area contributed by atoms with E-state index in [2.05, 4.69) is 10.3 Å². The second-order valence-corrected chi connectivity index (χ2v) is 4.40. The number of benzene rings is 1. The van der Waals surface area contributed by atoms with Gasteiger partial charge in [0.15, 0.2) is 5.76 Å². The van der Waals surface area contributed by atoms with E-state index >= 15 is 0 Å². The summed E-state index contributed by atoms with van der Waals surface area (Å²) in [5, 5.41) is 17.1. The van der Waals surface area contributed by atoms with Crippen molar-refractivity contribution < 1.29 is 14.3 Å². The Bertz CT molecular complexity index is 765. The minimum atomic E-state index is -1.09. The van der Waals surface area contributed by atoms with Gasteiger partial charge < -0.3 is 9.52 Å². The lowest BCUT2D eigenvalue weighted by Gasteiger charge is -2.03. The maximum Gasteiger partial charge on any atom is 0.337 e. The monoisotopic (exact) mass is 289 g/mol. The van der Waals surface area contributed by atoms with Crippen LogP contribution in [0.3, 0.4) is 0 Å². The van der Waals surface area contributed by atoms with Gasteiger partial charge in [0.25, 0.3) is 0 Å². The number of nitrogens with zero attached hydrogens (tertiary/aromatic N) is 3. The van der Waals surface area contributed by atoms with E-state index in [-0.39, 0.29) is 10.6 Å². The van der Waals surface area contributed by atoms with Gasteiger partial charge in [-0.3, -0.25) is 0 Å². The Morgan fingerprint density at radius 2 is 2.20 bits per heavy atom. The van der Waals surface area contributed by atoms with E-state index in [0.29, 0.717) is 17.1 Å². The first kappa shape index (κ1) is 12.4. The number of carboxylic acid groups (broad SMARTS) is 1. The van der Waals surface area contributed by atoms with Gasteiger partial charge in [0.1, 0.15) is 5.69 Å². The summed E-state index contributed by atoms with van der Waals surface area (Å²) >= 11 is 5.82. The summed E-state index contributed by atoms with van der Waals surface area (Å²) in [5.74, 6) is -0.508. The van der Waals surface area contributed by atoms with Crippen LogP contribution < -0.4 is 0 Å². The average Bonchev–Trinajstić information content (AvgIpc) is 3.09. The van der Waals surface area contributed by atoms with Crippen LogP contribution in [0.15, 0.2) is 47.2 Å². The largest absolute Gasteiger partial charge is 0.478 e. The van der Waals surface area contributed by atoms with Crippen molar-refractivity contribution in [3.63, 3.8) is 0 Å². The molecule has 0 spiro atoms. The summed E-state index contributed by atoms with van der Waals surface area (Å²) in [6, 6.07) is 8.12. The number of furan rings is 1. The summed E-state index contributed by atoms with van der Waals surface area (Å²) in [6.07, 6.45) is 3.19. The minimum Gasteiger partial charge on any atom is -0.478 e. The highest BCUT2D eigenvalue weighted by Gasteiger charge is 2.12. The SMILES string of the molecule is O=C(O)c1cc(-n2cc(-c3ccco3)nn2)ccc1Cl. The fraction of sp³-hybridized carbons (Fsp3) is 0. The Morgan fingerprint density at radius 3 is 2.90 bits per heavy atom. The fourth-order valence-electron chi connectivity index (χ4n) is 1.75. The third-order valence-electron chi connectivity index (χ3n) is 2.71. The van der Waals surface area contributed by atoms with Gasteiger partial charge in [0, 0.05) is 0 Å². The fourth-order valence-corrected chi connectivity index (χ4v) is 1.95. The normalized spacial score (nSPS) is 10.7. The molecule has 0 saturated heterocycles. The van der Waals surface area contributed by atoms with Crippen molar-refractivity contribution in [2.24, 2.45) is 0 Å². The van der Waals surface area contributed by atoms with E-state index in [4.69, 9.17) is 21.1 Å². The van der Waals surface area contributed by atoms with E-state index in [0.717, 1.165) is 0 Å². The Balaban J connectivity index is 2.02. The molecule has 0 aliphatic rings. The van der Waals surface area contributed by atoms with Crippen LogP contribution in [0, 0.1) is 0 Å². The number of hydrogen-bond donors (Lipinski definition) is 1.